The van der Waals surface area contributed by atoms with Crippen LogP contribution in [-0.4, -0.2) is 18.2 Å². The molecule has 0 aliphatic heterocycles. The van der Waals surface area contributed by atoms with Crippen LogP contribution in [0.2, 0.25) is 0 Å². The van der Waals surface area contributed by atoms with Crippen molar-refractivity contribution in [1.29, 1.82) is 0 Å². The molecule has 0 spiro atoms. The fraction of sp³-hybridized carbons (Fsp3) is 0.364. The van der Waals surface area contributed by atoms with E-state index < -0.39 is 11.9 Å². The number of hydrogen-bond donors (Lipinski definition) is 2. The molecule has 0 saturated carbocycles. The molecule has 0 aliphatic rings. The normalized spacial score (nSPS) is 12.2. The third-order valence-electron chi connectivity index (χ3n) is 2.27. The Morgan fingerprint density at radius 1 is 1.62 bits per heavy atom. The fourth-order valence-corrected chi connectivity index (χ4v) is 1.35. The number of phenolic OH excluding ortho intramolecular Hbond substituents is 1. The molecule has 1 aromatic carbocycles. The lowest BCUT2D eigenvalue weighted by atomic mass is 10.0. The SMILES string of the molecule is COC(=O)CC[C@H](N)c1ccc(O)cc1F. The van der Waals surface area contributed by atoms with Gasteiger partial charge in [0.15, 0.2) is 0 Å². The third-order valence-corrected chi connectivity index (χ3v) is 2.27. The molecule has 0 heterocycles. The molecule has 3 N–H and O–H groups in total. The van der Waals surface area contributed by atoms with Crippen LogP contribution in [0.4, 0.5) is 4.39 Å². The van der Waals surface area contributed by atoms with Gasteiger partial charge in [-0.05, 0) is 12.5 Å². The van der Waals surface area contributed by atoms with Crippen LogP contribution in [0.1, 0.15) is 24.4 Å². The summed E-state index contributed by atoms with van der Waals surface area (Å²) in [6.45, 7) is 0. The van der Waals surface area contributed by atoms with E-state index in [9.17, 15) is 9.18 Å². The predicted octanol–water partition coefficient (Wildman–Crippen LogP) is 1.48. The molecule has 1 atom stereocenters. The lowest BCUT2D eigenvalue weighted by molar-refractivity contribution is -0.140. The number of aromatic hydroxyl groups is 1. The number of halogens is 1. The van der Waals surface area contributed by atoms with Crippen molar-refractivity contribution in [2.24, 2.45) is 5.73 Å². The Kier molecular flexibility index (Phi) is 4.25. The first-order valence-electron chi connectivity index (χ1n) is 4.85. The van der Waals surface area contributed by atoms with Crippen LogP contribution in [0.15, 0.2) is 18.2 Å². The number of methoxy groups -OCH3 is 1. The summed E-state index contributed by atoms with van der Waals surface area (Å²) in [5.41, 5.74) is 6.00. The van der Waals surface area contributed by atoms with Gasteiger partial charge in [0.05, 0.1) is 7.11 Å². The zero-order valence-electron chi connectivity index (χ0n) is 8.94. The molecular formula is C11H14FNO3. The lowest BCUT2D eigenvalue weighted by Crippen LogP contribution is -2.14. The van der Waals surface area contributed by atoms with E-state index in [1.54, 1.807) is 0 Å². The number of benzene rings is 1. The van der Waals surface area contributed by atoms with Gasteiger partial charge >= 0.3 is 5.97 Å². The summed E-state index contributed by atoms with van der Waals surface area (Å²) in [5, 5.41) is 9.02. The molecule has 0 bridgehead atoms. The van der Waals surface area contributed by atoms with Crippen molar-refractivity contribution in [2.75, 3.05) is 7.11 Å². The second kappa shape index (κ2) is 5.46. The van der Waals surface area contributed by atoms with Gasteiger partial charge in [0.25, 0.3) is 0 Å². The second-order valence-corrected chi connectivity index (χ2v) is 3.43. The number of esters is 1. The molecule has 16 heavy (non-hydrogen) atoms. The van der Waals surface area contributed by atoms with Gasteiger partial charge < -0.3 is 15.6 Å². The van der Waals surface area contributed by atoms with Crippen molar-refractivity contribution in [2.45, 2.75) is 18.9 Å². The maximum Gasteiger partial charge on any atom is 0.305 e. The van der Waals surface area contributed by atoms with Gasteiger partial charge in [0.1, 0.15) is 11.6 Å². The summed E-state index contributed by atoms with van der Waals surface area (Å²) in [6.07, 6.45) is 0.437. The number of nitrogens with two attached hydrogens (primary N) is 1. The highest BCUT2D eigenvalue weighted by Gasteiger charge is 2.13. The molecule has 0 aliphatic carbocycles. The molecule has 0 saturated heterocycles. The number of hydrogen-bond acceptors (Lipinski definition) is 4. The Hall–Kier alpha value is -1.62. The van der Waals surface area contributed by atoms with Crippen LogP contribution in [0.5, 0.6) is 5.75 Å². The number of rotatable bonds is 4. The van der Waals surface area contributed by atoms with Crippen molar-refractivity contribution < 1.29 is 19.0 Å². The monoisotopic (exact) mass is 227 g/mol. The van der Waals surface area contributed by atoms with E-state index in [0.717, 1.165) is 6.07 Å². The van der Waals surface area contributed by atoms with E-state index in [1.165, 1.54) is 19.2 Å². The Morgan fingerprint density at radius 2 is 2.31 bits per heavy atom. The van der Waals surface area contributed by atoms with Crippen molar-refractivity contribution in [3.05, 3.63) is 29.6 Å². The lowest BCUT2D eigenvalue weighted by Gasteiger charge is -2.12. The Bertz CT molecular complexity index is 381. The second-order valence-electron chi connectivity index (χ2n) is 3.43. The third kappa shape index (κ3) is 3.20. The summed E-state index contributed by atoms with van der Waals surface area (Å²) in [6, 6.07) is 3.18. The Labute approximate surface area is 92.8 Å². The van der Waals surface area contributed by atoms with E-state index in [4.69, 9.17) is 10.8 Å². The summed E-state index contributed by atoms with van der Waals surface area (Å²) in [5.74, 6) is -1.10. The van der Waals surface area contributed by atoms with E-state index in [2.05, 4.69) is 4.74 Å². The minimum Gasteiger partial charge on any atom is -0.508 e. The van der Waals surface area contributed by atoms with E-state index in [0.29, 0.717) is 6.42 Å². The van der Waals surface area contributed by atoms with Gasteiger partial charge in [-0.3, -0.25) is 4.79 Å². The highest BCUT2D eigenvalue weighted by atomic mass is 19.1. The minimum absolute atomic E-state index is 0.137. The van der Waals surface area contributed by atoms with Crippen LogP contribution < -0.4 is 5.73 Å². The number of carbonyl (C=O) groups excluding carboxylic acids is 1. The highest BCUT2D eigenvalue weighted by molar-refractivity contribution is 5.69. The minimum atomic E-state index is -0.584. The maximum atomic E-state index is 13.4. The van der Waals surface area contributed by atoms with Gasteiger partial charge in [-0.1, -0.05) is 6.07 Å². The quantitative estimate of drug-likeness (QED) is 0.764. The summed E-state index contributed by atoms with van der Waals surface area (Å²) in [4.78, 5) is 10.9. The fourth-order valence-electron chi connectivity index (χ4n) is 1.35. The number of ether oxygens (including phenoxy) is 1. The molecule has 1 rings (SSSR count). The van der Waals surface area contributed by atoms with Crippen molar-refractivity contribution >= 4 is 5.97 Å². The van der Waals surface area contributed by atoms with Crippen molar-refractivity contribution in [3.8, 4) is 5.75 Å². The zero-order chi connectivity index (χ0) is 12.1. The van der Waals surface area contributed by atoms with Crippen LogP contribution in [0, 0.1) is 5.82 Å². The standard InChI is InChI=1S/C11H14FNO3/c1-16-11(15)5-4-10(13)8-3-2-7(14)6-9(8)12/h2-3,6,10,14H,4-5,13H2,1H3/t10-/m0/s1. The van der Waals surface area contributed by atoms with Crippen LogP contribution in [-0.2, 0) is 9.53 Å². The van der Waals surface area contributed by atoms with Crippen LogP contribution in [0.3, 0.4) is 0 Å². The number of phenols is 1. The number of carbonyl (C=O) groups is 1. The summed E-state index contributed by atoms with van der Waals surface area (Å²) in [7, 11) is 1.29. The molecule has 0 amide bonds. The molecule has 0 unspecified atom stereocenters. The molecule has 1 aromatic rings. The topological polar surface area (TPSA) is 72.5 Å². The van der Waals surface area contributed by atoms with Gasteiger partial charge in [0, 0.05) is 24.1 Å². The highest BCUT2D eigenvalue weighted by Crippen LogP contribution is 2.22. The average molecular weight is 227 g/mol. The summed E-state index contributed by atoms with van der Waals surface area (Å²) < 4.78 is 17.8. The first kappa shape index (κ1) is 12.4. The Morgan fingerprint density at radius 3 is 2.88 bits per heavy atom. The molecule has 88 valence electrons. The largest absolute Gasteiger partial charge is 0.508 e. The van der Waals surface area contributed by atoms with E-state index in [-0.39, 0.29) is 23.7 Å². The molecule has 0 radical (unpaired) electrons. The van der Waals surface area contributed by atoms with Gasteiger partial charge in [-0.2, -0.15) is 0 Å². The van der Waals surface area contributed by atoms with E-state index >= 15 is 0 Å². The van der Waals surface area contributed by atoms with Crippen LogP contribution >= 0.6 is 0 Å². The van der Waals surface area contributed by atoms with Crippen molar-refractivity contribution in [3.63, 3.8) is 0 Å². The summed E-state index contributed by atoms with van der Waals surface area (Å²) >= 11 is 0. The molecule has 5 heteroatoms. The Balaban J connectivity index is 2.65. The maximum absolute atomic E-state index is 13.4. The molecular weight excluding hydrogens is 213 g/mol. The molecule has 0 aromatic heterocycles. The molecule has 0 fully saturated rings. The van der Waals surface area contributed by atoms with E-state index in [1.807, 2.05) is 0 Å². The van der Waals surface area contributed by atoms with Gasteiger partial charge in [-0.25, -0.2) is 4.39 Å². The van der Waals surface area contributed by atoms with Crippen LogP contribution in [0.25, 0.3) is 0 Å². The smallest absolute Gasteiger partial charge is 0.305 e. The van der Waals surface area contributed by atoms with Crippen molar-refractivity contribution in [1.82, 2.24) is 0 Å². The predicted molar refractivity (Wildman–Crippen MR) is 56.2 cm³/mol. The first-order chi connectivity index (χ1) is 7.54. The zero-order valence-corrected chi connectivity index (χ0v) is 8.94. The molecule has 4 nitrogen and oxygen atoms in total. The first-order valence-corrected chi connectivity index (χ1v) is 4.85. The van der Waals surface area contributed by atoms with Gasteiger partial charge in [-0.15, -0.1) is 0 Å². The average Bonchev–Trinajstić information content (AvgIpc) is 2.25. The van der Waals surface area contributed by atoms with Gasteiger partial charge in [0.2, 0.25) is 0 Å².